The van der Waals surface area contributed by atoms with Gasteiger partial charge in [0.15, 0.2) is 18.9 Å². The Hall–Kier alpha value is -6.62. The van der Waals surface area contributed by atoms with Gasteiger partial charge in [-0.3, -0.25) is 43.2 Å². The number of amides is 10. The number of likely N-dealkylation sites (tertiary alicyclic amines) is 1. The van der Waals surface area contributed by atoms with Gasteiger partial charge < -0.3 is 160 Å². The zero-order valence-corrected chi connectivity index (χ0v) is 83.2. The molecule has 0 aromatic carbocycles. The van der Waals surface area contributed by atoms with Gasteiger partial charge in [0.1, 0.15) is 84.6 Å². The number of unbranched alkanes of at least 4 members (excludes halogenated alkanes) is 12. The van der Waals surface area contributed by atoms with Crippen molar-refractivity contribution in [2.75, 3.05) is 157 Å². The number of nitrogens with one attached hydrogen (secondary N) is 9. The monoisotopic (exact) mass is 2030 g/mol. The predicted octanol–water partition coefficient (Wildman–Crippen LogP) is 2.85. The first-order valence-electron chi connectivity index (χ1n) is 49.3. The van der Waals surface area contributed by atoms with Crippen LogP contribution in [0.5, 0.6) is 0 Å². The van der Waals surface area contributed by atoms with Crippen molar-refractivity contribution >= 4 is 92.8 Å². The van der Waals surface area contributed by atoms with E-state index in [0.717, 1.165) is 63.5 Å². The number of aliphatic hydroxyl groups is 9. The van der Waals surface area contributed by atoms with E-state index in [9.17, 15) is 103 Å². The average molecular weight is 2030 g/mol. The highest BCUT2D eigenvalue weighted by Crippen LogP contribution is 2.31. The molecule has 0 aromatic rings. The maximum Gasteiger partial charge on any atom is 0.407 e. The number of Topliss-reactive ketones (excluding diaryl/α,β-unsaturated/α-hetero) is 2. The maximum atomic E-state index is 14.1. The molecule has 4 saturated heterocycles. The van der Waals surface area contributed by atoms with E-state index < -0.39 is 153 Å². The molecule has 4 rings (SSSR count). The predicted molar refractivity (Wildman–Crippen MR) is 512 cm³/mol. The normalized spacial score (nSPS) is 23.3. The third-order valence-electron chi connectivity index (χ3n) is 23.7. The minimum Gasteiger partial charge on any atom is -0.450 e. The van der Waals surface area contributed by atoms with Crippen molar-refractivity contribution in [3.05, 3.63) is 0 Å². The molecule has 0 radical (unpaired) electrons. The summed E-state index contributed by atoms with van der Waals surface area (Å²) in [5.41, 5.74) is -0.937. The second-order valence-electron chi connectivity index (χ2n) is 35.2. The highest BCUT2D eigenvalue weighted by atomic mass is 33.1. The van der Waals surface area contributed by atoms with E-state index in [0.29, 0.717) is 187 Å². The second kappa shape index (κ2) is 76.9. The molecule has 44 nitrogen and oxygen atoms in total. The third-order valence-corrected chi connectivity index (χ3v) is 26.2. The fraction of sp³-hybridized carbons (Fsp3) is 0.871. The Balaban J connectivity index is 0.0000497. The van der Waals surface area contributed by atoms with Crippen LogP contribution < -0.4 is 47.9 Å². The van der Waals surface area contributed by atoms with E-state index >= 15 is 0 Å². The minimum atomic E-state index is -1.46. The first kappa shape index (κ1) is 127. The Bertz CT molecular complexity index is 3310. The van der Waals surface area contributed by atoms with E-state index in [4.69, 9.17) is 61.6 Å². The van der Waals surface area contributed by atoms with Crippen LogP contribution in [0, 0.1) is 0 Å². The SMILES string of the molecule is C.COC[C@H]1C[C@H](OC)CN1C(=O)CCCCC(=O)CCCSSCCOCCOCCC(=O)NC(CCCCOC(=O)NCCCCCCNC(=O)CCCOC1OC(CO)C(O)C(O)C1NC(C)=O)(CCCOC(=O)NCCCCCCCC(=O)CCCOC1OC(CO)C(O)C(O)C1NC(C)=O)CCCOC(=O)NCCCCCCNC(=O)CCCOC1OC(CO)C(O)C(O)C1NC(C)=O. The number of methoxy groups -OCH3 is 2. The van der Waals surface area contributed by atoms with E-state index in [1.807, 2.05) is 4.90 Å². The number of ketones is 2. The van der Waals surface area contributed by atoms with Crippen LogP contribution in [-0.2, 0) is 105 Å². The molecule has 46 heteroatoms. The number of aliphatic hydroxyl groups excluding tert-OH is 9. The molecule has 18 atom stereocenters. The minimum absolute atomic E-state index is 0. The molecule has 139 heavy (non-hydrogen) atoms. The summed E-state index contributed by atoms with van der Waals surface area (Å²) in [7, 11) is 6.59. The van der Waals surface area contributed by atoms with Crippen LogP contribution in [0.25, 0.3) is 0 Å². The van der Waals surface area contributed by atoms with Gasteiger partial charge in [0, 0.05) is 143 Å². The van der Waals surface area contributed by atoms with Gasteiger partial charge in [0.25, 0.3) is 0 Å². The number of alkyl carbamates (subject to hydrolysis) is 3. The Morgan fingerprint density at radius 2 is 0.741 bits per heavy atom. The molecule has 806 valence electrons. The smallest absolute Gasteiger partial charge is 0.407 e. The summed E-state index contributed by atoms with van der Waals surface area (Å²) in [5.74, 6) is -0.419. The van der Waals surface area contributed by atoms with Crippen molar-refractivity contribution < 1.29 is 165 Å². The molecule has 0 bridgehead atoms. The summed E-state index contributed by atoms with van der Waals surface area (Å²) in [6, 6.07) is -3.28. The lowest BCUT2D eigenvalue weighted by Gasteiger charge is -2.42. The zero-order valence-electron chi connectivity index (χ0n) is 81.6. The van der Waals surface area contributed by atoms with Crippen molar-refractivity contribution in [3.63, 3.8) is 0 Å². The summed E-state index contributed by atoms with van der Waals surface area (Å²) in [6.07, 6.45) is 0.130. The summed E-state index contributed by atoms with van der Waals surface area (Å²) < 4.78 is 73.2. The topological polar surface area (TPSA) is 618 Å². The number of hydrogen-bond donors (Lipinski definition) is 18. The quantitative estimate of drug-likeness (QED) is 0.0236. The van der Waals surface area contributed by atoms with Crippen molar-refractivity contribution in [1.82, 2.24) is 52.8 Å². The number of carbonyl (C=O) groups excluding carboxylic acids is 12. The van der Waals surface area contributed by atoms with Crippen LogP contribution in [0.4, 0.5) is 14.4 Å². The highest BCUT2D eigenvalue weighted by molar-refractivity contribution is 8.76. The van der Waals surface area contributed by atoms with Crippen LogP contribution in [-0.4, -0.2) is 389 Å². The lowest BCUT2D eigenvalue weighted by atomic mass is 9.83. The standard InChI is InChI=1S/C92H164N10O34S2.CH4/c1-63(106)98-77-83(118)80(115)70(59-103)134-86(77)128-46-23-31-67(109)29-13-7-6-8-19-42-96-90(122)132-49-27-38-92(39-28-50-133-91(123)97-44-21-12-10-18-41-94-74(112)34-25-48-130-88-79(100-65(3)108)85(120)82(117)72(61-105)136-88,101-75(113)36-51-126-52-53-127-54-56-138-137-55-26-32-68(110)30-14-15-35-76(114)102-58-69(125-5)57-66(102)62-124-4)37-16-22-45-131-89(121)95-43-20-11-9-17-40-93-73(111)33-24-47-129-87-78(99-64(2)107)84(119)81(116)71(60-104)135-87;/h66,69-72,77-88,103-105,115-120H,6-62H2,1-5H3,(H,93,111)(H,94,112)(H,95,121)(H,96,122)(H,97,123)(H,98,106)(H,99,107)(H,100,108)(H,101,113);1H4/t66-,69+,70?,71?,72?,77?,78?,79?,80?,81?,82?,83?,84?,85?,86?,87?,88?,92?;/m1./s1. The molecule has 4 aliphatic heterocycles. The fourth-order valence-corrected chi connectivity index (χ4v) is 18.2. The van der Waals surface area contributed by atoms with Gasteiger partial charge in [-0.15, -0.1) is 0 Å². The van der Waals surface area contributed by atoms with Gasteiger partial charge in [-0.25, -0.2) is 14.4 Å². The summed E-state index contributed by atoms with van der Waals surface area (Å²) >= 11 is 0. The number of hydrogen-bond acceptors (Lipinski definition) is 36. The third kappa shape index (κ3) is 55.3. The van der Waals surface area contributed by atoms with Crippen molar-refractivity contribution in [2.45, 2.75) is 363 Å². The molecule has 16 unspecified atom stereocenters. The molecule has 4 heterocycles. The maximum absolute atomic E-state index is 14.1. The molecule has 10 amide bonds. The number of carbonyl (C=O) groups is 12. The van der Waals surface area contributed by atoms with E-state index in [1.54, 1.807) is 35.8 Å². The van der Waals surface area contributed by atoms with Gasteiger partial charge in [0.2, 0.25) is 41.4 Å². The van der Waals surface area contributed by atoms with Crippen molar-refractivity contribution in [1.29, 1.82) is 0 Å². The molecule has 18 N–H and O–H groups in total. The molecule has 0 aromatic heterocycles. The van der Waals surface area contributed by atoms with Crippen LogP contribution in [0.1, 0.15) is 253 Å². The molecule has 0 saturated carbocycles. The first-order valence-corrected chi connectivity index (χ1v) is 51.8. The molecule has 0 spiro atoms. The van der Waals surface area contributed by atoms with Gasteiger partial charge in [-0.1, -0.05) is 74.0 Å². The van der Waals surface area contributed by atoms with E-state index in [2.05, 4.69) is 47.9 Å². The number of rotatable bonds is 79. The van der Waals surface area contributed by atoms with Crippen LogP contribution in [0.2, 0.25) is 0 Å². The Morgan fingerprint density at radius 1 is 0.374 bits per heavy atom. The highest BCUT2D eigenvalue weighted by Gasteiger charge is 2.49. The summed E-state index contributed by atoms with van der Waals surface area (Å²) in [6.45, 7) is 5.96. The largest absolute Gasteiger partial charge is 0.450 e. The second-order valence-corrected chi connectivity index (χ2v) is 37.9. The van der Waals surface area contributed by atoms with Gasteiger partial charge >= 0.3 is 18.3 Å². The van der Waals surface area contributed by atoms with Crippen molar-refractivity contribution in [3.8, 4) is 0 Å². The lowest BCUT2D eigenvalue weighted by molar-refractivity contribution is -0.270. The van der Waals surface area contributed by atoms with Gasteiger partial charge in [-0.05, 0) is 128 Å². The Morgan fingerprint density at radius 3 is 1.17 bits per heavy atom. The van der Waals surface area contributed by atoms with Gasteiger partial charge in [-0.2, -0.15) is 0 Å². The van der Waals surface area contributed by atoms with Crippen molar-refractivity contribution in [2.24, 2.45) is 0 Å². The van der Waals surface area contributed by atoms with Crippen LogP contribution in [0.3, 0.4) is 0 Å². The Labute approximate surface area is 826 Å². The Kier molecular flexibility index (Phi) is 70.0. The van der Waals surface area contributed by atoms with Crippen LogP contribution in [0.15, 0.2) is 0 Å². The molecule has 4 fully saturated rings. The number of ether oxygens (including phenoxy) is 13. The molecular formula is C93H168N10O34S2. The summed E-state index contributed by atoms with van der Waals surface area (Å²) in [4.78, 5) is 154. The molecule has 4 aliphatic rings. The zero-order chi connectivity index (χ0) is 101. The molecule has 0 aliphatic carbocycles. The van der Waals surface area contributed by atoms with Crippen LogP contribution >= 0.6 is 21.6 Å². The fourth-order valence-electron chi connectivity index (χ4n) is 16.2. The van der Waals surface area contributed by atoms with Gasteiger partial charge in [0.05, 0.1) is 105 Å². The average Bonchev–Trinajstić information content (AvgIpc) is 1.71. The lowest BCUT2D eigenvalue weighted by Crippen LogP contribution is -2.64. The molecular weight excluding hydrogens is 1870 g/mol. The first-order chi connectivity index (χ1) is 66.5. The van der Waals surface area contributed by atoms with E-state index in [-0.39, 0.29) is 153 Å². The summed E-state index contributed by atoms with van der Waals surface area (Å²) in [5, 5.41) is 116. The number of nitrogens with zero attached hydrogens (tertiary/aromatic N) is 1. The van der Waals surface area contributed by atoms with E-state index in [1.165, 1.54) is 20.8 Å².